The molecule has 0 aliphatic heterocycles. The summed E-state index contributed by atoms with van der Waals surface area (Å²) in [7, 11) is 0. The lowest BCUT2D eigenvalue weighted by molar-refractivity contribution is -0.274. The zero-order valence-electron chi connectivity index (χ0n) is 17.1. The second-order valence-corrected chi connectivity index (χ2v) is 6.98. The Kier molecular flexibility index (Phi) is 6.96. The van der Waals surface area contributed by atoms with Gasteiger partial charge in [0.1, 0.15) is 11.6 Å². The van der Waals surface area contributed by atoms with Crippen LogP contribution in [0.2, 0.25) is 0 Å². The molecule has 0 aliphatic rings. The highest BCUT2D eigenvalue weighted by molar-refractivity contribution is 5.69. The summed E-state index contributed by atoms with van der Waals surface area (Å²) >= 11 is 0. The van der Waals surface area contributed by atoms with Crippen molar-refractivity contribution < 1.29 is 23.0 Å². The van der Waals surface area contributed by atoms with Crippen molar-refractivity contribution in [3.63, 3.8) is 0 Å². The lowest BCUT2D eigenvalue weighted by Gasteiger charge is -2.14. The first kappa shape index (κ1) is 22.4. The molecule has 0 radical (unpaired) electrons. The SMILES string of the molecule is Cc1ccc(C)c(Nc2cc(-c3cccc(OC(F)(F)F)c3)nc(NCCCO)n2)c1. The van der Waals surface area contributed by atoms with Crippen LogP contribution in [0.15, 0.2) is 48.5 Å². The summed E-state index contributed by atoms with van der Waals surface area (Å²) in [5.41, 5.74) is 3.81. The van der Waals surface area contributed by atoms with Gasteiger partial charge in [0.2, 0.25) is 5.95 Å². The summed E-state index contributed by atoms with van der Waals surface area (Å²) in [5, 5.41) is 15.3. The van der Waals surface area contributed by atoms with Crippen LogP contribution in [-0.4, -0.2) is 34.6 Å². The Labute approximate surface area is 178 Å². The van der Waals surface area contributed by atoms with Gasteiger partial charge in [0.05, 0.1) is 5.69 Å². The summed E-state index contributed by atoms with van der Waals surface area (Å²) in [4.78, 5) is 8.87. The lowest BCUT2D eigenvalue weighted by Crippen LogP contribution is -2.17. The van der Waals surface area contributed by atoms with Crippen LogP contribution in [0.3, 0.4) is 0 Å². The molecule has 164 valence electrons. The van der Waals surface area contributed by atoms with Crippen LogP contribution < -0.4 is 15.4 Å². The van der Waals surface area contributed by atoms with E-state index in [0.29, 0.717) is 36.0 Å². The molecular formula is C22H23F3N4O2. The quantitative estimate of drug-likeness (QED) is 0.425. The Morgan fingerprint density at radius 3 is 2.58 bits per heavy atom. The van der Waals surface area contributed by atoms with Gasteiger partial charge >= 0.3 is 6.36 Å². The number of halogens is 3. The van der Waals surface area contributed by atoms with Gasteiger partial charge in [-0.15, -0.1) is 13.2 Å². The van der Waals surface area contributed by atoms with Gasteiger partial charge < -0.3 is 20.5 Å². The minimum atomic E-state index is -4.78. The highest BCUT2D eigenvalue weighted by atomic mass is 19.4. The summed E-state index contributed by atoms with van der Waals surface area (Å²) in [6.45, 7) is 4.39. The highest BCUT2D eigenvalue weighted by Gasteiger charge is 2.31. The normalized spacial score (nSPS) is 11.3. The summed E-state index contributed by atoms with van der Waals surface area (Å²) in [6.07, 6.45) is -4.28. The maximum absolute atomic E-state index is 12.6. The molecule has 0 bridgehead atoms. The molecule has 3 N–H and O–H groups in total. The number of nitrogens with zero attached hydrogens (tertiary/aromatic N) is 2. The van der Waals surface area contributed by atoms with Gasteiger partial charge in [-0.05, 0) is 49.6 Å². The number of aliphatic hydroxyl groups is 1. The van der Waals surface area contributed by atoms with Crippen LogP contribution in [-0.2, 0) is 0 Å². The molecule has 0 amide bonds. The molecule has 3 rings (SSSR count). The van der Waals surface area contributed by atoms with Crippen molar-refractivity contribution in [3.05, 3.63) is 59.7 Å². The van der Waals surface area contributed by atoms with Crippen LogP contribution in [0.1, 0.15) is 17.5 Å². The van der Waals surface area contributed by atoms with Crippen molar-refractivity contribution in [2.45, 2.75) is 26.6 Å². The van der Waals surface area contributed by atoms with E-state index in [1.807, 2.05) is 32.0 Å². The summed E-state index contributed by atoms with van der Waals surface area (Å²) in [5.74, 6) is 0.440. The average molecular weight is 432 g/mol. The van der Waals surface area contributed by atoms with Crippen LogP contribution >= 0.6 is 0 Å². The number of ether oxygens (including phenoxy) is 1. The molecule has 0 aliphatic carbocycles. The Hall–Kier alpha value is -3.33. The van der Waals surface area contributed by atoms with E-state index in [1.54, 1.807) is 12.1 Å². The molecule has 0 unspecified atom stereocenters. The Morgan fingerprint density at radius 2 is 1.84 bits per heavy atom. The largest absolute Gasteiger partial charge is 0.573 e. The fourth-order valence-corrected chi connectivity index (χ4v) is 2.88. The van der Waals surface area contributed by atoms with Gasteiger partial charge in [0.15, 0.2) is 0 Å². The molecule has 0 atom stereocenters. The fraction of sp³-hybridized carbons (Fsp3) is 0.273. The van der Waals surface area contributed by atoms with Gasteiger partial charge in [-0.1, -0.05) is 24.3 Å². The monoisotopic (exact) mass is 432 g/mol. The first-order valence-electron chi connectivity index (χ1n) is 9.68. The number of benzene rings is 2. The van der Waals surface area contributed by atoms with Crippen molar-refractivity contribution in [2.75, 3.05) is 23.8 Å². The van der Waals surface area contributed by atoms with E-state index >= 15 is 0 Å². The van der Waals surface area contributed by atoms with Crippen molar-refractivity contribution >= 4 is 17.5 Å². The molecule has 9 heteroatoms. The molecule has 0 spiro atoms. The smallest absolute Gasteiger partial charge is 0.406 e. The molecular weight excluding hydrogens is 409 g/mol. The molecule has 3 aromatic rings. The van der Waals surface area contributed by atoms with Gasteiger partial charge in [0.25, 0.3) is 0 Å². The highest BCUT2D eigenvalue weighted by Crippen LogP contribution is 2.30. The topological polar surface area (TPSA) is 79.3 Å². The number of aliphatic hydroxyl groups excluding tert-OH is 1. The first-order valence-corrected chi connectivity index (χ1v) is 9.68. The van der Waals surface area contributed by atoms with Crippen LogP contribution in [0, 0.1) is 13.8 Å². The van der Waals surface area contributed by atoms with Crippen molar-refractivity contribution in [3.8, 4) is 17.0 Å². The van der Waals surface area contributed by atoms with Gasteiger partial charge in [-0.2, -0.15) is 4.98 Å². The molecule has 6 nitrogen and oxygen atoms in total. The molecule has 2 aromatic carbocycles. The number of hydrogen-bond acceptors (Lipinski definition) is 6. The minimum Gasteiger partial charge on any atom is -0.406 e. The van der Waals surface area contributed by atoms with Crippen molar-refractivity contribution in [1.82, 2.24) is 9.97 Å². The Morgan fingerprint density at radius 1 is 1.03 bits per heavy atom. The first-order chi connectivity index (χ1) is 14.7. The minimum absolute atomic E-state index is 0.0110. The number of aromatic nitrogens is 2. The second-order valence-electron chi connectivity index (χ2n) is 6.98. The Balaban J connectivity index is 1.97. The van der Waals surface area contributed by atoms with Crippen molar-refractivity contribution in [1.29, 1.82) is 0 Å². The third kappa shape index (κ3) is 6.58. The predicted octanol–water partition coefficient (Wildman–Crippen LogP) is 5.20. The number of hydrogen-bond donors (Lipinski definition) is 3. The van der Waals surface area contributed by atoms with E-state index in [0.717, 1.165) is 16.8 Å². The zero-order valence-corrected chi connectivity index (χ0v) is 17.1. The van der Waals surface area contributed by atoms with Gasteiger partial charge in [0, 0.05) is 30.5 Å². The maximum atomic E-state index is 12.6. The molecule has 0 fully saturated rings. The van der Waals surface area contributed by atoms with E-state index in [1.165, 1.54) is 18.2 Å². The lowest BCUT2D eigenvalue weighted by atomic mass is 10.1. The molecule has 1 heterocycles. The third-order valence-corrected chi connectivity index (χ3v) is 4.36. The van der Waals surface area contributed by atoms with Gasteiger partial charge in [-0.3, -0.25) is 0 Å². The Bertz CT molecular complexity index is 1040. The zero-order chi connectivity index (χ0) is 22.4. The summed E-state index contributed by atoms with van der Waals surface area (Å²) in [6, 6.07) is 13.2. The average Bonchev–Trinajstić information content (AvgIpc) is 2.70. The van der Waals surface area contributed by atoms with Crippen LogP contribution in [0.25, 0.3) is 11.3 Å². The fourth-order valence-electron chi connectivity index (χ4n) is 2.88. The standard InChI is InChI=1S/C22H23F3N4O2/c1-14-7-8-15(2)18(11-14)27-20-13-19(28-21(29-20)26-9-4-10-30)16-5-3-6-17(12-16)31-22(23,24)25/h3,5-8,11-13,30H,4,9-10H2,1-2H3,(H2,26,27,28,29). The van der Waals surface area contributed by atoms with E-state index in [9.17, 15) is 13.2 Å². The number of alkyl halides is 3. The molecule has 0 saturated carbocycles. The number of rotatable bonds is 8. The number of anilines is 3. The maximum Gasteiger partial charge on any atom is 0.573 e. The van der Waals surface area contributed by atoms with Crippen molar-refractivity contribution in [2.24, 2.45) is 0 Å². The molecule has 1 aromatic heterocycles. The van der Waals surface area contributed by atoms with Crippen LogP contribution in [0.4, 0.5) is 30.6 Å². The number of nitrogens with one attached hydrogen (secondary N) is 2. The van der Waals surface area contributed by atoms with E-state index in [-0.39, 0.29) is 12.4 Å². The predicted molar refractivity (Wildman–Crippen MR) is 114 cm³/mol. The van der Waals surface area contributed by atoms with E-state index in [2.05, 4.69) is 25.3 Å². The van der Waals surface area contributed by atoms with E-state index < -0.39 is 6.36 Å². The summed E-state index contributed by atoms with van der Waals surface area (Å²) < 4.78 is 41.8. The van der Waals surface area contributed by atoms with Gasteiger partial charge in [-0.25, -0.2) is 4.98 Å². The third-order valence-electron chi connectivity index (χ3n) is 4.36. The van der Waals surface area contributed by atoms with E-state index in [4.69, 9.17) is 5.11 Å². The second kappa shape index (κ2) is 9.65. The molecule has 0 saturated heterocycles. The molecule has 31 heavy (non-hydrogen) atoms. The van der Waals surface area contributed by atoms with Crippen LogP contribution in [0.5, 0.6) is 5.75 Å². The number of aryl methyl sites for hydroxylation is 2.